The molecule has 0 aromatic heterocycles. The fourth-order valence-electron chi connectivity index (χ4n) is 8.48. The third-order valence-corrected chi connectivity index (χ3v) is 10.9. The van der Waals surface area contributed by atoms with E-state index in [9.17, 15) is 0 Å². The average molecular weight is 674 g/mol. The molecule has 1 heteroatoms. The summed E-state index contributed by atoms with van der Waals surface area (Å²) in [5.41, 5.74) is 11.2. The van der Waals surface area contributed by atoms with Crippen LogP contribution < -0.4 is 0 Å². The van der Waals surface area contributed by atoms with Gasteiger partial charge in [0.25, 0.3) is 0 Å². The van der Waals surface area contributed by atoms with E-state index in [1.807, 2.05) is 31.3 Å². The number of nitrogens with zero attached hydrogens (tertiary/aromatic N) is 1. The van der Waals surface area contributed by atoms with Crippen LogP contribution in [0.2, 0.25) is 0 Å². The van der Waals surface area contributed by atoms with Crippen LogP contribution >= 0.6 is 0 Å². The van der Waals surface area contributed by atoms with Crippen molar-refractivity contribution < 1.29 is 0 Å². The predicted octanol–water partition coefficient (Wildman–Crippen LogP) is 14.7. The number of fused-ring (bicyclic) bond motifs is 3. The fourth-order valence-corrected chi connectivity index (χ4v) is 8.48. The van der Waals surface area contributed by atoms with Crippen molar-refractivity contribution in [1.82, 2.24) is 0 Å². The van der Waals surface area contributed by atoms with Gasteiger partial charge in [0.2, 0.25) is 0 Å². The van der Waals surface area contributed by atoms with E-state index in [1.165, 1.54) is 76.1 Å². The van der Waals surface area contributed by atoms with Crippen LogP contribution in [0.5, 0.6) is 0 Å². The zero-order valence-electron chi connectivity index (χ0n) is 29.5. The fraction of sp³-hybridized carbons (Fsp3) is 0.0192. The summed E-state index contributed by atoms with van der Waals surface area (Å²) >= 11 is 0. The lowest BCUT2D eigenvalue weighted by molar-refractivity contribution is 1.47. The lowest BCUT2D eigenvalue weighted by Gasteiger charge is -2.17. The minimum atomic E-state index is 0.927. The van der Waals surface area contributed by atoms with E-state index in [2.05, 4.69) is 169 Å². The lowest BCUT2D eigenvalue weighted by Crippen LogP contribution is -1.92. The summed E-state index contributed by atoms with van der Waals surface area (Å²) in [4.78, 5) is 4.61. The van der Waals surface area contributed by atoms with Gasteiger partial charge in [-0.3, -0.25) is 4.99 Å². The third-order valence-electron chi connectivity index (χ3n) is 10.9. The second-order valence-corrected chi connectivity index (χ2v) is 13.9. The van der Waals surface area contributed by atoms with Gasteiger partial charge in [-0.25, -0.2) is 0 Å². The molecule has 0 saturated carbocycles. The maximum Gasteiger partial charge on any atom is 0.0703 e. The Hall–Kier alpha value is -6.83. The van der Waals surface area contributed by atoms with Crippen molar-refractivity contribution in [2.24, 2.45) is 4.99 Å². The molecule has 1 nitrogen and oxygen atoms in total. The molecule has 0 unspecified atom stereocenters. The van der Waals surface area contributed by atoms with Crippen LogP contribution in [0.4, 0.5) is 5.69 Å². The molecular weight excluding hydrogens is 639 g/mol. The summed E-state index contributed by atoms with van der Waals surface area (Å²) in [5, 5.41) is 13.0. The Kier molecular flexibility index (Phi) is 7.26. The van der Waals surface area contributed by atoms with Crippen LogP contribution in [0, 0.1) is 0 Å². The van der Waals surface area contributed by atoms with Gasteiger partial charge >= 0.3 is 0 Å². The first kappa shape index (κ1) is 30.9. The molecule has 0 heterocycles. The Labute approximate surface area is 309 Å². The molecular formula is C52H35N. The number of hydrogen-bond donors (Lipinski definition) is 0. The first-order valence-corrected chi connectivity index (χ1v) is 18.3. The van der Waals surface area contributed by atoms with Crippen molar-refractivity contribution in [3.8, 4) is 33.4 Å². The standard InChI is InChI=1S/C52H35N/c1-3-53-50-23-7-6-17-42(50)33(2)41-16-4-5-18-43(41)39-15-8-14-35(31-39)36-24-25-38-32-40(27-26-37(38)30-36)44-28-29-49-47-20-10-13-34-12-9-19-46(51(34)47)48-22-11-21-45(44)52(48)49/h3-32H,2H2,1H3. The van der Waals surface area contributed by atoms with Crippen LogP contribution in [0.3, 0.4) is 0 Å². The first-order valence-electron chi connectivity index (χ1n) is 18.3. The second-order valence-electron chi connectivity index (χ2n) is 13.9. The van der Waals surface area contributed by atoms with Crippen LogP contribution in [-0.4, -0.2) is 6.21 Å². The molecule has 0 spiro atoms. The molecule has 0 amide bonds. The van der Waals surface area contributed by atoms with Crippen molar-refractivity contribution >= 4 is 71.3 Å². The highest BCUT2D eigenvalue weighted by molar-refractivity contribution is 6.34. The molecule has 10 aromatic rings. The molecule has 0 fully saturated rings. The summed E-state index contributed by atoms with van der Waals surface area (Å²) < 4.78 is 0. The van der Waals surface area contributed by atoms with E-state index in [-0.39, 0.29) is 0 Å². The van der Waals surface area contributed by atoms with E-state index in [1.54, 1.807) is 0 Å². The lowest BCUT2D eigenvalue weighted by atomic mass is 9.87. The molecule has 0 atom stereocenters. The van der Waals surface area contributed by atoms with E-state index in [0.29, 0.717) is 0 Å². The van der Waals surface area contributed by atoms with Gasteiger partial charge in [-0.2, -0.15) is 0 Å². The smallest absolute Gasteiger partial charge is 0.0703 e. The minimum absolute atomic E-state index is 0.927. The summed E-state index contributed by atoms with van der Waals surface area (Å²) in [6, 6.07) is 64.2. The van der Waals surface area contributed by atoms with Crippen molar-refractivity contribution in [3.63, 3.8) is 0 Å². The molecule has 0 N–H and O–H groups in total. The molecule has 10 rings (SSSR count). The number of aliphatic imine (C=N–C) groups is 1. The van der Waals surface area contributed by atoms with Crippen LogP contribution in [0.1, 0.15) is 18.1 Å². The molecule has 248 valence electrons. The number of para-hydroxylation sites is 1. The zero-order valence-corrected chi connectivity index (χ0v) is 29.5. The van der Waals surface area contributed by atoms with E-state index < -0.39 is 0 Å². The molecule has 10 aromatic carbocycles. The Balaban J connectivity index is 1.03. The van der Waals surface area contributed by atoms with Crippen molar-refractivity contribution in [3.05, 3.63) is 194 Å². The van der Waals surface area contributed by atoms with Gasteiger partial charge in [-0.1, -0.05) is 158 Å². The second kappa shape index (κ2) is 12.4. The quantitative estimate of drug-likeness (QED) is 0.0946. The highest BCUT2D eigenvalue weighted by atomic mass is 14.7. The number of rotatable bonds is 6. The topological polar surface area (TPSA) is 12.4 Å². The highest BCUT2D eigenvalue weighted by Crippen LogP contribution is 2.44. The molecule has 0 aliphatic rings. The molecule has 0 saturated heterocycles. The molecule has 53 heavy (non-hydrogen) atoms. The Morgan fingerprint density at radius 1 is 0.415 bits per heavy atom. The SMILES string of the molecule is C=C(c1ccccc1N=CC)c1ccccc1-c1cccc(-c2ccc3cc(-c4ccc5c6cccc7cccc(c8cccc4c85)c76)ccc3c2)c1. The van der Waals surface area contributed by atoms with Crippen molar-refractivity contribution in [2.75, 3.05) is 0 Å². The van der Waals surface area contributed by atoms with Gasteiger partial charge in [0.1, 0.15) is 0 Å². The maximum absolute atomic E-state index is 4.61. The normalized spacial score (nSPS) is 11.9. The maximum atomic E-state index is 4.61. The number of benzene rings is 10. The monoisotopic (exact) mass is 673 g/mol. The van der Waals surface area contributed by atoms with E-state index in [0.717, 1.165) is 33.5 Å². The minimum Gasteiger partial charge on any atom is -0.261 e. The van der Waals surface area contributed by atoms with Crippen molar-refractivity contribution in [2.45, 2.75) is 6.92 Å². The van der Waals surface area contributed by atoms with Gasteiger partial charge in [-0.15, -0.1) is 0 Å². The molecule has 0 aliphatic carbocycles. The molecule has 0 aliphatic heterocycles. The summed E-state index contributed by atoms with van der Waals surface area (Å²) in [5.74, 6) is 0. The Morgan fingerprint density at radius 2 is 0.981 bits per heavy atom. The third kappa shape index (κ3) is 5.05. The van der Waals surface area contributed by atoms with Crippen molar-refractivity contribution in [1.29, 1.82) is 0 Å². The summed E-state index contributed by atoms with van der Waals surface area (Å²) in [6.07, 6.45) is 1.83. The van der Waals surface area contributed by atoms with Gasteiger partial charge in [0.05, 0.1) is 5.69 Å². The Morgan fingerprint density at radius 3 is 1.77 bits per heavy atom. The zero-order chi connectivity index (χ0) is 35.5. The van der Waals surface area contributed by atoms with Gasteiger partial charge in [-0.05, 0) is 130 Å². The van der Waals surface area contributed by atoms with E-state index >= 15 is 0 Å². The van der Waals surface area contributed by atoms with Gasteiger partial charge in [0, 0.05) is 11.8 Å². The van der Waals surface area contributed by atoms with Crippen LogP contribution in [0.25, 0.3) is 92.8 Å². The Bertz CT molecular complexity index is 3040. The van der Waals surface area contributed by atoms with Crippen LogP contribution in [-0.2, 0) is 0 Å². The van der Waals surface area contributed by atoms with E-state index in [4.69, 9.17) is 0 Å². The average Bonchev–Trinajstić information content (AvgIpc) is 3.22. The molecule has 0 radical (unpaired) electrons. The predicted molar refractivity (Wildman–Crippen MR) is 230 cm³/mol. The highest BCUT2D eigenvalue weighted by Gasteiger charge is 2.16. The first-order chi connectivity index (χ1) is 26.2. The summed E-state index contributed by atoms with van der Waals surface area (Å²) in [7, 11) is 0. The largest absolute Gasteiger partial charge is 0.261 e. The summed E-state index contributed by atoms with van der Waals surface area (Å²) in [6.45, 7) is 6.49. The van der Waals surface area contributed by atoms with Crippen LogP contribution in [0.15, 0.2) is 187 Å². The van der Waals surface area contributed by atoms with Gasteiger partial charge < -0.3 is 0 Å². The molecule has 0 bridgehead atoms. The number of hydrogen-bond acceptors (Lipinski definition) is 1. The van der Waals surface area contributed by atoms with Gasteiger partial charge in [0.15, 0.2) is 0 Å².